The Hall–Kier alpha value is -1.56. The van der Waals surface area contributed by atoms with E-state index in [-0.39, 0.29) is 12.3 Å². The Labute approximate surface area is 98.9 Å². The summed E-state index contributed by atoms with van der Waals surface area (Å²) in [7, 11) is 0. The van der Waals surface area contributed by atoms with Gasteiger partial charge in [0.25, 0.3) is 6.01 Å². The Morgan fingerprint density at radius 3 is 2.76 bits per heavy atom. The van der Waals surface area contributed by atoms with Crippen LogP contribution in [-0.2, 0) is 0 Å². The van der Waals surface area contributed by atoms with Crippen molar-refractivity contribution in [1.82, 2.24) is 4.98 Å². The van der Waals surface area contributed by atoms with Gasteiger partial charge in [0.15, 0.2) is 5.69 Å². The molecule has 0 spiro atoms. The van der Waals surface area contributed by atoms with Crippen molar-refractivity contribution in [3.63, 3.8) is 0 Å². The molecule has 1 aromatic heterocycles. The van der Waals surface area contributed by atoms with Gasteiger partial charge in [-0.1, -0.05) is 12.8 Å². The maximum absolute atomic E-state index is 10.7. The molecule has 0 saturated heterocycles. The average Bonchev–Trinajstić information content (AvgIpc) is 2.97. The first-order chi connectivity index (χ1) is 8.22. The monoisotopic (exact) mass is 240 g/mol. The van der Waals surface area contributed by atoms with Crippen molar-refractivity contribution >= 4 is 12.0 Å². The molecule has 2 N–H and O–H groups in total. The van der Waals surface area contributed by atoms with Crippen LogP contribution in [0.1, 0.15) is 36.2 Å². The number of anilines is 1. The van der Waals surface area contributed by atoms with E-state index in [4.69, 9.17) is 14.6 Å². The Bertz CT molecular complexity index is 385. The summed E-state index contributed by atoms with van der Waals surface area (Å²) in [6, 6.07) is 0.589. The van der Waals surface area contributed by atoms with Crippen LogP contribution < -0.4 is 4.90 Å². The second-order valence-corrected chi connectivity index (χ2v) is 4.18. The first-order valence-corrected chi connectivity index (χ1v) is 5.78. The van der Waals surface area contributed by atoms with E-state index in [2.05, 4.69) is 4.98 Å². The molecule has 1 aliphatic carbocycles. The predicted octanol–water partition coefficient (Wildman–Crippen LogP) is 1.11. The molecule has 0 radical (unpaired) electrons. The Kier molecular flexibility index (Phi) is 3.63. The van der Waals surface area contributed by atoms with E-state index in [0.717, 1.165) is 31.9 Å². The number of nitrogens with zero attached hydrogens (tertiary/aromatic N) is 2. The quantitative estimate of drug-likeness (QED) is 0.801. The molecular weight excluding hydrogens is 224 g/mol. The molecule has 1 aromatic rings. The van der Waals surface area contributed by atoms with Gasteiger partial charge < -0.3 is 19.5 Å². The lowest BCUT2D eigenvalue weighted by molar-refractivity contribution is 0.0690. The molecule has 0 amide bonds. The van der Waals surface area contributed by atoms with E-state index in [0.29, 0.717) is 18.6 Å². The molecule has 1 saturated carbocycles. The molecule has 0 bridgehead atoms. The van der Waals surface area contributed by atoms with Gasteiger partial charge >= 0.3 is 5.97 Å². The normalized spacial score (nSPS) is 16.3. The van der Waals surface area contributed by atoms with Gasteiger partial charge in [0.1, 0.15) is 6.26 Å². The van der Waals surface area contributed by atoms with Crippen molar-refractivity contribution in [2.24, 2.45) is 0 Å². The van der Waals surface area contributed by atoms with Crippen LogP contribution in [0.25, 0.3) is 0 Å². The fourth-order valence-electron chi connectivity index (χ4n) is 2.25. The van der Waals surface area contributed by atoms with Crippen LogP contribution in [0.2, 0.25) is 0 Å². The highest BCUT2D eigenvalue weighted by atomic mass is 16.4. The first-order valence-electron chi connectivity index (χ1n) is 5.78. The van der Waals surface area contributed by atoms with Crippen LogP contribution in [0.15, 0.2) is 10.7 Å². The molecule has 0 atom stereocenters. The number of aliphatic hydroxyl groups is 1. The van der Waals surface area contributed by atoms with E-state index < -0.39 is 5.97 Å². The van der Waals surface area contributed by atoms with Gasteiger partial charge in [-0.15, -0.1) is 0 Å². The molecule has 17 heavy (non-hydrogen) atoms. The Morgan fingerprint density at radius 2 is 2.24 bits per heavy atom. The number of carbonyl (C=O) groups is 1. The van der Waals surface area contributed by atoms with Crippen molar-refractivity contribution in [2.75, 3.05) is 18.1 Å². The number of carboxylic acids is 1. The van der Waals surface area contributed by atoms with Gasteiger partial charge in [0, 0.05) is 12.6 Å². The topological polar surface area (TPSA) is 86.8 Å². The fourth-order valence-corrected chi connectivity index (χ4v) is 2.25. The van der Waals surface area contributed by atoms with Crippen molar-refractivity contribution in [3.8, 4) is 0 Å². The minimum absolute atomic E-state index is 0.00127. The van der Waals surface area contributed by atoms with Gasteiger partial charge in [-0.05, 0) is 12.8 Å². The minimum Gasteiger partial charge on any atom is -0.476 e. The molecule has 6 heteroatoms. The van der Waals surface area contributed by atoms with E-state index in [1.54, 1.807) is 0 Å². The fraction of sp³-hybridized carbons (Fsp3) is 0.636. The van der Waals surface area contributed by atoms with E-state index in [9.17, 15) is 4.79 Å². The maximum atomic E-state index is 10.7. The zero-order valence-corrected chi connectivity index (χ0v) is 9.50. The number of rotatable bonds is 5. The Morgan fingerprint density at radius 1 is 1.53 bits per heavy atom. The third kappa shape index (κ3) is 2.58. The summed E-state index contributed by atoms with van der Waals surface area (Å²) in [5, 5.41) is 17.8. The molecule has 94 valence electrons. The van der Waals surface area contributed by atoms with Crippen LogP contribution in [0.4, 0.5) is 6.01 Å². The number of hydrogen-bond acceptors (Lipinski definition) is 5. The largest absolute Gasteiger partial charge is 0.476 e. The lowest BCUT2D eigenvalue weighted by Gasteiger charge is -2.26. The summed E-state index contributed by atoms with van der Waals surface area (Å²) in [6.45, 7) is 0.422. The van der Waals surface area contributed by atoms with Crippen molar-refractivity contribution in [1.29, 1.82) is 0 Å². The first kappa shape index (κ1) is 11.9. The molecule has 0 aliphatic heterocycles. The highest BCUT2D eigenvalue weighted by Gasteiger charge is 2.26. The second-order valence-electron chi connectivity index (χ2n) is 4.18. The molecule has 0 unspecified atom stereocenters. The smallest absolute Gasteiger partial charge is 0.357 e. The lowest BCUT2D eigenvalue weighted by Crippen LogP contribution is -2.36. The Balaban J connectivity index is 2.15. The van der Waals surface area contributed by atoms with Crippen LogP contribution in [0.5, 0.6) is 0 Å². The SMILES string of the molecule is O=C(O)c1coc(N(CCO)C2CCCC2)n1. The number of aromatic carboxylic acids is 1. The molecule has 1 aliphatic rings. The summed E-state index contributed by atoms with van der Waals surface area (Å²) in [5.41, 5.74) is -0.0964. The summed E-state index contributed by atoms with van der Waals surface area (Å²) in [6.07, 6.45) is 5.50. The molecule has 0 aromatic carbocycles. The summed E-state index contributed by atoms with van der Waals surface area (Å²) in [4.78, 5) is 16.5. The summed E-state index contributed by atoms with van der Waals surface area (Å²) >= 11 is 0. The van der Waals surface area contributed by atoms with E-state index >= 15 is 0 Å². The van der Waals surface area contributed by atoms with Gasteiger partial charge in [0.2, 0.25) is 0 Å². The third-order valence-corrected chi connectivity index (χ3v) is 3.06. The zero-order chi connectivity index (χ0) is 12.3. The average molecular weight is 240 g/mol. The maximum Gasteiger partial charge on any atom is 0.357 e. The summed E-state index contributed by atoms with van der Waals surface area (Å²) < 4.78 is 5.18. The van der Waals surface area contributed by atoms with Gasteiger partial charge in [-0.2, -0.15) is 4.98 Å². The van der Waals surface area contributed by atoms with Gasteiger partial charge in [-0.25, -0.2) is 4.79 Å². The van der Waals surface area contributed by atoms with Crippen LogP contribution in [0, 0.1) is 0 Å². The minimum atomic E-state index is -1.10. The van der Waals surface area contributed by atoms with Crippen molar-refractivity contribution in [2.45, 2.75) is 31.7 Å². The second kappa shape index (κ2) is 5.18. The highest BCUT2D eigenvalue weighted by molar-refractivity contribution is 5.85. The molecule has 1 heterocycles. The number of aromatic nitrogens is 1. The highest BCUT2D eigenvalue weighted by Crippen LogP contribution is 2.27. The van der Waals surface area contributed by atoms with E-state index in [1.807, 2.05) is 4.90 Å². The predicted molar refractivity (Wildman–Crippen MR) is 60.2 cm³/mol. The van der Waals surface area contributed by atoms with Crippen molar-refractivity contribution < 1.29 is 19.4 Å². The molecular formula is C11H16N2O4. The molecule has 1 fully saturated rings. The molecule has 6 nitrogen and oxygen atoms in total. The van der Waals surface area contributed by atoms with E-state index in [1.165, 1.54) is 0 Å². The number of carboxylic acid groups (broad SMARTS) is 1. The standard InChI is InChI=1S/C11H16N2O4/c14-6-5-13(8-3-1-2-4-8)11-12-9(7-17-11)10(15)16/h7-8,14H,1-6H2,(H,15,16). The van der Waals surface area contributed by atoms with Crippen LogP contribution in [-0.4, -0.2) is 40.4 Å². The third-order valence-electron chi connectivity index (χ3n) is 3.06. The van der Waals surface area contributed by atoms with Crippen molar-refractivity contribution in [3.05, 3.63) is 12.0 Å². The lowest BCUT2D eigenvalue weighted by atomic mass is 10.2. The van der Waals surface area contributed by atoms with Crippen LogP contribution in [0.3, 0.4) is 0 Å². The van der Waals surface area contributed by atoms with Gasteiger partial charge in [0.05, 0.1) is 6.61 Å². The van der Waals surface area contributed by atoms with Crippen LogP contribution >= 0.6 is 0 Å². The number of hydrogen-bond donors (Lipinski definition) is 2. The molecule has 2 rings (SSSR count). The number of oxazole rings is 1. The zero-order valence-electron chi connectivity index (χ0n) is 9.50. The summed E-state index contributed by atoms with van der Waals surface area (Å²) in [5.74, 6) is -1.10. The number of aliphatic hydroxyl groups excluding tert-OH is 1. The van der Waals surface area contributed by atoms with Gasteiger partial charge in [-0.3, -0.25) is 0 Å².